The van der Waals surface area contributed by atoms with Gasteiger partial charge in [-0.2, -0.15) is 0 Å². The van der Waals surface area contributed by atoms with Gasteiger partial charge in [0.2, 0.25) is 0 Å². The summed E-state index contributed by atoms with van der Waals surface area (Å²) in [5.74, 6) is 0.362. The van der Waals surface area contributed by atoms with Gasteiger partial charge in [-0.1, -0.05) is 0 Å². The quantitative estimate of drug-likeness (QED) is 0.566. The van der Waals surface area contributed by atoms with Crippen LogP contribution >= 0.6 is 0 Å². The van der Waals surface area contributed by atoms with Crippen LogP contribution in [-0.2, 0) is 0 Å². The second kappa shape index (κ2) is 2.30. The van der Waals surface area contributed by atoms with Crippen molar-refractivity contribution in [3.8, 4) is 0 Å². The molecule has 0 unspecified atom stereocenters. The maximum absolute atomic E-state index is 11.1. The molecule has 0 amide bonds. The number of aromatic amines is 1. The summed E-state index contributed by atoms with van der Waals surface area (Å²) >= 11 is 0. The van der Waals surface area contributed by atoms with E-state index in [-0.39, 0.29) is 5.56 Å². The molecule has 0 saturated carbocycles. The lowest BCUT2D eigenvalue weighted by Gasteiger charge is -1.94. The van der Waals surface area contributed by atoms with Gasteiger partial charge in [0, 0.05) is 0 Å². The van der Waals surface area contributed by atoms with Gasteiger partial charge in [-0.25, -0.2) is 9.97 Å². The van der Waals surface area contributed by atoms with Gasteiger partial charge in [0.25, 0.3) is 5.56 Å². The van der Waals surface area contributed by atoms with Crippen LogP contribution in [0.2, 0.25) is 0 Å². The number of rotatable bonds is 0. The maximum atomic E-state index is 11.1. The highest BCUT2D eigenvalue weighted by molar-refractivity contribution is 5.74. The molecule has 5 nitrogen and oxygen atoms in total. The van der Waals surface area contributed by atoms with E-state index < -0.39 is 0 Å². The van der Waals surface area contributed by atoms with Crippen LogP contribution in [0.4, 0.5) is 5.82 Å². The topological polar surface area (TPSA) is 84.7 Å². The minimum Gasteiger partial charge on any atom is -0.384 e. The third-order valence-electron chi connectivity index (χ3n) is 1.52. The molecule has 0 saturated heterocycles. The van der Waals surface area contributed by atoms with Crippen LogP contribution in [0.5, 0.6) is 0 Å². The summed E-state index contributed by atoms with van der Waals surface area (Å²) in [5, 5.41) is 0.451. The van der Waals surface area contributed by atoms with Gasteiger partial charge in [0.05, 0.1) is 11.7 Å². The van der Waals surface area contributed by atoms with Gasteiger partial charge in [0.15, 0.2) is 5.65 Å². The summed E-state index contributed by atoms with van der Waals surface area (Å²) in [6.45, 7) is 0. The second-order valence-corrected chi connectivity index (χ2v) is 2.34. The van der Waals surface area contributed by atoms with E-state index in [1.807, 2.05) is 0 Å². The number of nitrogen functional groups attached to an aromatic ring is 1. The Bertz CT molecular complexity index is 476. The molecule has 5 heteroatoms. The van der Waals surface area contributed by atoms with Crippen LogP contribution < -0.4 is 11.3 Å². The fourth-order valence-corrected chi connectivity index (χ4v) is 0.968. The lowest BCUT2D eigenvalue weighted by molar-refractivity contribution is 1.14. The van der Waals surface area contributed by atoms with Crippen molar-refractivity contribution in [2.45, 2.75) is 0 Å². The fourth-order valence-electron chi connectivity index (χ4n) is 0.968. The lowest BCUT2D eigenvalue weighted by Crippen LogP contribution is -2.07. The second-order valence-electron chi connectivity index (χ2n) is 2.34. The molecule has 2 rings (SSSR count). The number of hydrogen-bond acceptors (Lipinski definition) is 4. The summed E-state index contributed by atoms with van der Waals surface area (Å²) in [7, 11) is 0. The van der Waals surface area contributed by atoms with Gasteiger partial charge in [-0.15, -0.1) is 0 Å². The average molecular weight is 162 g/mol. The molecule has 60 valence electrons. The standard InChI is InChI=1S/C7H6N4O/c8-5-2-1-4-6(11-5)9-3-10-7(4)12/h1-3H,(H3,8,9,10,11,12). The minimum atomic E-state index is -0.201. The summed E-state index contributed by atoms with van der Waals surface area (Å²) in [6.07, 6.45) is 1.30. The van der Waals surface area contributed by atoms with Crippen molar-refractivity contribution in [3.63, 3.8) is 0 Å². The Morgan fingerprint density at radius 2 is 2.25 bits per heavy atom. The van der Waals surface area contributed by atoms with Crippen LogP contribution in [0.15, 0.2) is 23.3 Å². The van der Waals surface area contributed by atoms with Crippen LogP contribution in [0.25, 0.3) is 11.0 Å². The highest BCUT2D eigenvalue weighted by Crippen LogP contribution is 2.04. The molecule has 12 heavy (non-hydrogen) atoms. The summed E-state index contributed by atoms with van der Waals surface area (Å²) in [5.41, 5.74) is 5.58. The lowest BCUT2D eigenvalue weighted by atomic mass is 10.3. The molecule has 2 aromatic rings. The number of anilines is 1. The van der Waals surface area contributed by atoms with E-state index in [2.05, 4.69) is 15.0 Å². The molecule has 0 aromatic carbocycles. The molecule has 3 N–H and O–H groups in total. The first-order valence-corrected chi connectivity index (χ1v) is 3.37. The molecule has 0 spiro atoms. The van der Waals surface area contributed by atoms with E-state index in [1.54, 1.807) is 12.1 Å². The van der Waals surface area contributed by atoms with Crippen LogP contribution in [0.3, 0.4) is 0 Å². The van der Waals surface area contributed by atoms with Crippen LogP contribution in [0.1, 0.15) is 0 Å². The molecule has 0 aliphatic heterocycles. The Balaban J connectivity index is 2.96. The molecule has 0 radical (unpaired) electrons. The number of H-pyrrole nitrogens is 1. The summed E-state index contributed by atoms with van der Waals surface area (Å²) in [4.78, 5) is 21.3. The Morgan fingerprint density at radius 1 is 1.42 bits per heavy atom. The Morgan fingerprint density at radius 3 is 3.08 bits per heavy atom. The largest absolute Gasteiger partial charge is 0.384 e. The van der Waals surface area contributed by atoms with E-state index in [1.165, 1.54) is 6.33 Å². The normalized spacial score (nSPS) is 10.3. The highest BCUT2D eigenvalue weighted by Gasteiger charge is 1.98. The van der Waals surface area contributed by atoms with Crippen molar-refractivity contribution in [3.05, 3.63) is 28.8 Å². The zero-order valence-electron chi connectivity index (χ0n) is 6.11. The van der Waals surface area contributed by atoms with Crippen LogP contribution in [0, 0.1) is 0 Å². The van der Waals surface area contributed by atoms with Gasteiger partial charge >= 0.3 is 0 Å². The van der Waals surface area contributed by atoms with Crippen molar-refractivity contribution >= 4 is 16.9 Å². The maximum Gasteiger partial charge on any atom is 0.260 e. The number of fused-ring (bicyclic) bond motifs is 1. The van der Waals surface area contributed by atoms with Crippen molar-refractivity contribution in [2.75, 3.05) is 5.73 Å². The first-order chi connectivity index (χ1) is 5.77. The third-order valence-corrected chi connectivity index (χ3v) is 1.52. The molecule has 0 fully saturated rings. The van der Waals surface area contributed by atoms with Gasteiger partial charge < -0.3 is 10.7 Å². The first-order valence-electron chi connectivity index (χ1n) is 3.37. The molecule has 0 bridgehead atoms. The van der Waals surface area contributed by atoms with Gasteiger partial charge in [0.1, 0.15) is 5.82 Å². The van der Waals surface area contributed by atoms with Crippen molar-refractivity contribution in [1.29, 1.82) is 0 Å². The fraction of sp³-hybridized carbons (Fsp3) is 0. The molecule has 0 aliphatic carbocycles. The van der Waals surface area contributed by atoms with Crippen molar-refractivity contribution in [1.82, 2.24) is 15.0 Å². The Hall–Kier alpha value is -1.91. The van der Waals surface area contributed by atoms with E-state index in [4.69, 9.17) is 5.73 Å². The molecule has 2 aromatic heterocycles. The number of pyridine rings is 1. The monoisotopic (exact) mass is 162 g/mol. The molecule has 2 heterocycles. The predicted octanol–water partition coefficient (Wildman–Crippen LogP) is -0.0997. The Labute approximate surface area is 67.3 Å². The summed E-state index contributed by atoms with van der Waals surface area (Å²) in [6, 6.07) is 3.17. The first kappa shape index (κ1) is 6.78. The van der Waals surface area contributed by atoms with E-state index in [9.17, 15) is 4.79 Å². The van der Waals surface area contributed by atoms with E-state index >= 15 is 0 Å². The number of hydrogen-bond donors (Lipinski definition) is 2. The number of nitrogens with one attached hydrogen (secondary N) is 1. The molecular formula is C7H6N4O. The predicted molar refractivity (Wildman–Crippen MR) is 44.6 cm³/mol. The Kier molecular flexibility index (Phi) is 1.30. The van der Waals surface area contributed by atoms with Crippen LogP contribution in [-0.4, -0.2) is 15.0 Å². The SMILES string of the molecule is Nc1ccc2c(=O)[nH]cnc2n1. The zero-order chi connectivity index (χ0) is 8.55. The minimum absolute atomic E-state index is 0.201. The van der Waals surface area contributed by atoms with E-state index in [0.29, 0.717) is 16.9 Å². The smallest absolute Gasteiger partial charge is 0.260 e. The number of nitrogens with zero attached hydrogens (tertiary/aromatic N) is 2. The van der Waals surface area contributed by atoms with Gasteiger partial charge in [-0.3, -0.25) is 4.79 Å². The molecule has 0 atom stereocenters. The highest BCUT2D eigenvalue weighted by atomic mass is 16.1. The zero-order valence-corrected chi connectivity index (χ0v) is 6.11. The average Bonchev–Trinajstić information content (AvgIpc) is 2.04. The molecular weight excluding hydrogens is 156 g/mol. The third kappa shape index (κ3) is 0.914. The van der Waals surface area contributed by atoms with Gasteiger partial charge in [-0.05, 0) is 12.1 Å². The number of aromatic nitrogens is 3. The van der Waals surface area contributed by atoms with E-state index in [0.717, 1.165) is 0 Å². The summed E-state index contributed by atoms with van der Waals surface area (Å²) < 4.78 is 0. The van der Waals surface area contributed by atoms with Crippen molar-refractivity contribution < 1.29 is 0 Å². The van der Waals surface area contributed by atoms with Crippen molar-refractivity contribution in [2.24, 2.45) is 0 Å². The molecule has 0 aliphatic rings. The number of nitrogens with two attached hydrogens (primary N) is 1.